The van der Waals surface area contributed by atoms with Gasteiger partial charge in [0.2, 0.25) is 0 Å². The van der Waals surface area contributed by atoms with Crippen LogP contribution in [0.1, 0.15) is 153 Å². The van der Waals surface area contributed by atoms with Gasteiger partial charge in [-0.15, -0.1) is 33.1 Å². The van der Waals surface area contributed by atoms with Crippen LogP contribution >= 0.6 is 0 Å². The molecule has 5 heterocycles. The molecule has 62 heavy (non-hydrogen) atoms. The molecule has 6 atom stereocenters. The summed E-state index contributed by atoms with van der Waals surface area (Å²) < 4.78 is 11.1. The Hall–Kier alpha value is -3.89. The van der Waals surface area contributed by atoms with Gasteiger partial charge in [0, 0.05) is 11.6 Å². The second-order valence-electron chi connectivity index (χ2n) is 18.9. The number of nitrogens with zero attached hydrogens (tertiary/aromatic N) is 4. The zero-order valence-corrected chi connectivity index (χ0v) is 40.7. The molecule has 0 aromatic carbocycles. The van der Waals surface area contributed by atoms with E-state index in [1.54, 1.807) is 0 Å². The molecule has 8 bridgehead atoms. The molecule has 3 aliphatic rings. The van der Waals surface area contributed by atoms with Gasteiger partial charge in [-0.1, -0.05) is 151 Å². The molecule has 9 nitrogen and oxygen atoms in total. The number of allylic oxidation sites excluding steroid dienone is 2. The summed E-state index contributed by atoms with van der Waals surface area (Å²) in [4.78, 5) is 41.9. The summed E-state index contributed by atoms with van der Waals surface area (Å²) in [6.07, 6.45) is 20.8. The molecule has 2 aliphatic heterocycles. The number of ether oxygens (including phenoxy) is 2. The van der Waals surface area contributed by atoms with Gasteiger partial charge in [0.05, 0.1) is 7.11 Å². The molecule has 0 saturated carbocycles. The summed E-state index contributed by atoms with van der Waals surface area (Å²) in [7, 11) is 1.33. The molecule has 0 amide bonds. The van der Waals surface area contributed by atoms with Gasteiger partial charge in [0.15, 0.2) is 0 Å². The number of hydrogen-bond donors (Lipinski definition) is 1. The van der Waals surface area contributed by atoms with Crippen LogP contribution in [0.15, 0.2) is 29.5 Å². The fourth-order valence-corrected chi connectivity index (χ4v) is 9.68. The van der Waals surface area contributed by atoms with Crippen LogP contribution in [0.2, 0.25) is 0 Å². The van der Waals surface area contributed by atoms with Gasteiger partial charge in [-0.25, -0.2) is 0 Å². The van der Waals surface area contributed by atoms with E-state index in [1.165, 1.54) is 57.6 Å². The molecule has 332 valence electrons. The van der Waals surface area contributed by atoms with Gasteiger partial charge < -0.3 is 34.8 Å². The maximum Gasteiger partial charge on any atom is 2.00 e. The summed E-state index contributed by atoms with van der Waals surface area (Å²) in [5.41, 5.74) is 7.85. The largest absolute Gasteiger partial charge is 2.00 e. The van der Waals surface area contributed by atoms with Crippen LogP contribution in [0, 0.1) is 49.4 Å². The first-order chi connectivity index (χ1) is 29.2. The van der Waals surface area contributed by atoms with Crippen LogP contribution in [-0.4, -0.2) is 59.9 Å². The van der Waals surface area contributed by atoms with Crippen molar-refractivity contribution in [3.05, 3.63) is 89.8 Å². The van der Waals surface area contributed by atoms with E-state index in [2.05, 4.69) is 60.6 Å². The summed E-state index contributed by atoms with van der Waals surface area (Å²) in [6, 6.07) is 3.59. The van der Waals surface area contributed by atoms with E-state index in [-0.39, 0.29) is 59.6 Å². The molecular formula is C52H70MgN4O5-2. The van der Waals surface area contributed by atoms with Gasteiger partial charge in [-0.05, 0) is 82.1 Å². The van der Waals surface area contributed by atoms with Gasteiger partial charge in [-0.2, -0.15) is 5.70 Å². The van der Waals surface area contributed by atoms with Crippen molar-refractivity contribution in [3.63, 3.8) is 0 Å². The average Bonchev–Trinajstić information content (AvgIpc) is 3.99. The molecule has 1 unspecified atom stereocenters. The van der Waals surface area contributed by atoms with E-state index < -0.39 is 17.9 Å². The minimum absolute atomic E-state index is 0. The van der Waals surface area contributed by atoms with Crippen molar-refractivity contribution < 1.29 is 24.2 Å². The Balaban J connectivity index is 0.00000726. The Morgan fingerprint density at radius 3 is 2.26 bits per heavy atom. The SMILES string of the molecule is CCc1c/c2[n-]/c1=C\c1[n-]c3c(c1C)=C(O)[C@H](C(=O)OC)C=3C1[N-]/C(=C\c3[n-]c(cc3C)\C=2)[C@@H](C)[C@@H]1CCC(=O)OC/C=C(\C)CCC[C@H](C)CCC[C@H](C)CCCC(C)C.[Mg+2]. The van der Waals surface area contributed by atoms with Crippen LogP contribution in [0.4, 0.5) is 0 Å². The monoisotopic (exact) mass is 855 g/mol. The third-order valence-corrected chi connectivity index (χ3v) is 13.6. The van der Waals surface area contributed by atoms with Gasteiger partial charge in [-0.3, -0.25) is 9.59 Å². The number of carbonyl (C=O) groups excluding carboxylic acids is 2. The predicted molar refractivity (Wildman–Crippen MR) is 251 cm³/mol. The minimum Gasteiger partial charge on any atom is -0.681 e. The molecule has 1 aliphatic carbocycles. The molecule has 1 N–H and O–H groups in total. The standard InChI is InChI=1S/C52H70N4O5.Mg/c1-11-37-26-39-27-38-25-34(7)41(53-38)28-42-35(8)40(49(55-42)47-48(52(59)60-10)51(58)46-36(9)43(56-50(46)47)29-44(37)54-39)21-22-45(57)61-24-23-33(6)20-14-19-32(5)18-13-17-31(4)16-12-15-30(2)3;/h23,25-32,35,40,48-49,58H,11-22,24H2,1-10H3;/q-4;+2/b33-23+,39-27-,42-28-,44-29-;/t31-,32-,35+,40+,48-,49?;/m1./s1. The Morgan fingerprint density at radius 2 is 1.58 bits per heavy atom. The molecule has 3 aromatic heterocycles. The summed E-state index contributed by atoms with van der Waals surface area (Å²) in [5, 5.41) is 19.8. The first kappa shape index (κ1) is 49.1. The van der Waals surface area contributed by atoms with Crippen LogP contribution in [-0.2, 0) is 25.5 Å². The predicted octanol–water partition coefficient (Wildman–Crippen LogP) is 7.71. The Bertz CT molecular complexity index is 2360. The third kappa shape index (κ3) is 11.6. The van der Waals surface area contributed by atoms with E-state index in [1.807, 2.05) is 38.2 Å². The molecular weight excluding hydrogens is 785 g/mol. The summed E-state index contributed by atoms with van der Waals surface area (Å²) >= 11 is 0. The number of aliphatic hydroxyl groups excluding tert-OH is 1. The Morgan fingerprint density at radius 1 is 0.887 bits per heavy atom. The van der Waals surface area contributed by atoms with Crippen molar-refractivity contribution in [2.75, 3.05) is 13.7 Å². The van der Waals surface area contributed by atoms with Gasteiger partial charge in [0.25, 0.3) is 0 Å². The Kier molecular flexibility index (Phi) is 17.5. The molecule has 10 heteroatoms. The zero-order valence-electron chi connectivity index (χ0n) is 39.3. The van der Waals surface area contributed by atoms with Crippen molar-refractivity contribution >= 4 is 64.6 Å². The normalized spacial score (nSPS) is 22.2. The average molecular weight is 855 g/mol. The van der Waals surface area contributed by atoms with Crippen LogP contribution in [0.3, 0.4) is 0 Å². The van der Waals surface area contributed by atoms with E-state index in [0.29, 0.717) is 28.3 Å². The second-order valence-corrected chi connectivity index (χ2v) is 18.9. The van der Waals surface area contributed by atoms with Crippen molar-refractivity contribution in [1.29, 1.82) is 0 Å². The zero-order chi connectivity index (χ0) is 44.0. The van der Waals surface area contributed by atoms with Crippen LogP contribution in [0.25, 0.3) is 34.9 Å². The number of aryl methyl sites for hydroxylation is 2. The second kappa shape index (κ2) is 22.1. The van der Waals surface area contributed by atoms with Crippen molar-refractivity contribution in [2.45, 2.75) is 145 Å². The fourth-order valence-electron chi connectivity index (χ4n) is 9.68. The van der Waals surface area contributed by atoms with E-state index in [4.69, 9.17) is 29.7 Å². The number of aliphatic hydroxyl groups is 1. The van der Waals surface area contributed by atoms with Crippen molar-refractivity contribution in [2.24, 2.45) is 35.5 Å². The number of carbonyl (C=O) groups is 2. The van der Waals surface area contributed by atoms with E-state index in [9.17, 15) is 14.7 Å². The quantitative estimate of drug-likeness (QED) is 0.0739. The van der Waals surface area contributed by atoms with Crippen LogP contribution < -0.4 is 36.2 Å². The first-order valence-corrected chi connectivity index (χ1v) is 23.1. The molecule has 0 spiro atoms. The van der Waals surface area contributed by atoms with Crippen LogP contribution in [0.5, 0.6) is 0 Å². The molecule has 1 fully saturated rings. The van der Waals surface area contributed by atoms with E-state index >= 15 is 0 Å². The Labute approximate surface area is 386 Å². The van der Waals surface area contributed by atoms with E-state index in [0.717, 1.165) is 81.5 Å². The summed E-state index contributed by atoms with van der Waals surface area (Å²) in [5.74, 6) is 0.111. The topological polar surface area (TPSA) is 129 Å². The van der Waals surface area contributed by atoms with Gasteiger partial charge >= 0.3 is 35.0 Å². The minimum atomic E-state index is -1.05. The maximum absolute atomic E-state index is 13.5. The molecule has 0 radical (unpaired) electrons. The molecule has 1 saturated heterocycles. The smallest absolute Gasteiger partial charge is 0.681 e. The van der Waals surface area contributed by atoms with Crippen molar-refractivity contribution in [1.82, 2.24) is 15.0 Å². The molecule has 6 rings (SSSR count). The maximum atomic E-state index is 13.5. The number of aromatic nitrogens is 3. The van der Waals surface area contributed by atoms with Gasteiger partial charge in [0.1, 0.15) is 18.3 Å². The number of esters is 2. The number of rotatable bonds is 19. The third-order valence-electron chi connectivity index (χ3n) is 13.6. The number of fused-ring (bicyclic) bond motifs is 8. The summed E-state index contributed by atoms with van der Waals surface area (Å²) in [6.45, 7) is 20.0. The number of methoxy groups -OCH3 is 1. The molecule has 3 aromatic rings. The first-order valence-electron chi connectivity index (χ1n) is 23.1. The van der Waals surface area contributed by atoms with Crippen molar-refractivity contribution in [3.8, 4) is 0 Å². The number of hydrogen-bond acceptors (Lipinski definition) is 5. The fraction of sp³-hybridized carbons (Fsp3) is 0.577.